The molecule has 0 bridgehead atoms. The minimum Gasteiger partial charge on any atom is -0.623 e. The highest BCUT2D eigenvalue weighted by molar-refractivity contribution is 5.73. The van der Waals surface area contributed by atoms with Gasteiger partial charge in [-0.05, 0) is 12.1 Å². The summed E-state index contributed by atoms with van der Waals surface area (Å²) in [4.78, 5) is 3.93. The predicted octanol–water partition coefficient (Wildman–Crippen LogP) is 0.383. The Morgan fingerprint density at radius 2 is 2.33 bits per heavy atom. The highest BCUT2D eigenvalue weighted by atomic mass is 16.5. The molecule has 0 fully saturated rings. The molecule has 62 valence electrons. The van der Waals surface area contributed by atoms with E-state index in [0.29, 0.717) is 11.4 Å². The number of hydrogen-bond acceptors (Lipinski definition) is 3. The van der Waals surface area contributed by atoms with Gasteiger partial charge in [-0.3, -0.25) is 5.06 Å². The Kier molecular flexibility index (Phi) is 1.56. The Balaban J connectivity index is 2.48. The smallest absolute Gasteiger partial charge is 0.194 e. The Labute approximate surface area is 69.7 Å². The largest absolute Gasteiger partial charge is 0.623 e. The summed E-state index contributed by atoms with van der Waals surface area (Å²) in [6, 6.07) is 5.26. The van der Waals surface area contributed by atoms with E-state index >= 15 is 0 Å². The van der Waals surface area contributed by atoms with E-state index in [1.165, 1.54) is 6.34 Å². The standard InChI is InChI=1S/C8H8N2O2/c1-12-6-2-3-7-8(4-6)10(11)5-9-7/h2-5,10H,1H3. The number of quaternary nitrogens is 1. The topological polar surface area (TPSA) is 49.1 Å². The summed E-state index contributed by atoms with van der Waals surface area (Å²) in [5.74, 6) is 0.688. The Bertz CT molecular complexity index is 336. The SMILES string of the molecule is COc1ccc2c(c1)[NH+]([O-])C=N2. The van der Waals surface area contributed by atoms with E-state index < -0.39 is 0 Å². The zero-order valence-electron chi connectivity index (χ0n) is 6.57. The van der Waals surface area contributed by atoms with E-state index in [4.69, 9.17) is 4.74 Å². The van der Waals surface area contributed by atoms with Gasteiger partial charge in [0.15, 0.2) is 12.0 Å². The minimum absolute atomic E-state index is 0.0519. The minimum atomic E-state index is -0.0519. The zero-order chi connectivity index (χ0) is 8.55. The number of rotatable bonds is 1. The van der Waals surface area contributed by atoms with Gasteiger partial charge in [-0.15, -0.1) is 0 Å². The Morgan fingerprint density at radius 3 is 3.08 bits per heavy atom. The first kappa shape index (κ1) is 7.27. The average Bonchev–Trinajstić information content (AvgIpc) is 2.47. The maximum Gasteiger partial charge on any atom is 0.194 e. The van der Waals surface area contributed by atoms with Crippen LogP contribution in [-0.2, 0) is 0 Å². The quantitative estimate of drug-likeness (QED) is 0.610. The van der Waals surface area contributed by atoms with Crippen molar-refractivity contribution < 1.29 is 9.80 Å². The molecule has 1 heterocycles. The second-order valence-corrected chi connectivity index (χ2v) is 2.51. The van der Waals surface area contributed by atoms with Crippen LogP contribution in [-0.4, -0.2) is 13.4 Å². The molecule has 4 nitrogen and oxygen atoms in total. The molecule has 4 heteroatoms. The van der Waals surface area contributed by atoms with Crippen molar-refractivity contribution in [2.75, 3.05) is 7.11 Å². The number of nitrogens with zero attached hydrogens (tertiary/aromatic N) is 1. The van der Waals surface area contributed by atoms with Crippen LogP contribution in [0.25, 0.3) is 0 Å². The van der Waals surface area contributed by atoms with Crippen molar-refractivity contribution >= 4 is 17.7 Å². The lowest BCUT2D eigenvalue weighted by Crippen LogP contribution is -2.99. The van der Waals surface area contributed by atoms with Crippen LogP contribution in [0.3, 0.4) is 0 Å². The highest BCUT2D eigenvalue weighted by Gasteiger charge is 2.14. The monoisotopic (exact) mass is 164 g/mol. The first-order chi connectivity index (χ1) is 5.81. The van der Waals surface area contributed by atoms with Crippen LogP contribution in [0.4, 0.5) is 11.4 Å². The van der Waals surface area contributed by atoms with Crippen molar-refractivity contribution in [2.24, 2.45) is 4.99 Å². The summed E-state index contributed by atoms with van der Waals surface area (Å²) in [5.41, 5.74) is 1.34. The van der Waals surface area contributed by atoms with E-state index in [-0.39, 0.29) is 5.06 Å². The Hall–Kier alpha value is -1.39. The van der Waals surface area contributed by atoms with E-state index in [1.807, 2.05) is 0 Å². The second kappa shape index (κ2) is 2.58. The van der Waals surface area contributed by atoms with Crippen LogP contribution in [0.2, 0.25) is 0 Å². The number of aliphatic imine (C=N–C) groups is 1. The number of hydroxylamine groups is 1. The van der Waals surface area contributed by atoms with Gasteiger partial charge in [0.2, 0.25) is 0 Å². The van der Waals surface area contributed by atoms with Gasteiger partial charge in [0.1, 0.15) is 11.4 Å². The summed E-state index contributed by atoms with van der Waals surface area (Å²) >= 11 is 0. The third-order valence-corrected chi connectivity index (χ3v) is 1.79. The van der Waals surface area contributed by atoms with Gasteiger partial charge in [0.25, 0.3) is 0 Å². The molecular formula is C8H8N2O2. The van der Waals surface area contributed by atoms with Crippen molar-refractivity contribution in [3.05, 3.63) is 23.4 Å². The molecule has 12 heavy (non-hydrogen) atoms. The molecule has 1 aromatic rings. The molecule has 1 atom stereocenters. The summed E-state index contributed by atoms with van der Waals surface area (Å²) in [6.45, 7) is 0. The number of ether oxygens (including phenoxy) is 1. The van der Waals surface area contributed by atoms with Crippen LogP contribution in [0, 0.1) is 5.21 Å². The molecule has 0 spiro atoms. The van der Waals surface area contributed by atoms with Crippen molar-refractivity contribution in [2.45, 2.75) is 0 Å². The number of benzene rings is 1. The molecule has 0 saturated carbocycles. The Morgan fingerprint density at radius 1 is 1.50 bits per heavy atom. The summed E-state index contributed by atoms with van der Waals surface area (Å²) < 4.78 is 4.98. The van der Waals surface area contributed by atoms with Gasteiger partial charge in [-0.2, -0.15) is 4.99 Å². The fraction of sp³-hybridized carbons (Fsp3) is 0.125. The third-order valence-electron chi connectivity index (χ3n) is 1.79. The van der Waals surface area contributed by atoms with Gasteiger partial charge in [0.05, 0.1) is 7.11 Å². The van der Waals surface area contributed by atoms with Crippen molar-refractivity contribution in [3.8, 4) is 5.75 Å². The van der Waals surface area contributed by atoms with Gasteiger partial charge in [0, 0.05) is 6.07 Å². The molecule has 0 saturated heterocycles. The van der Waals surface area contributed by atoms with Crippen molar-refractivity contribution in [3.63, 3.8) is 0 Å². The predicted molar refractivity (Wildman–Crippen MR) is 45.1 cm³/mol. The fourth-order valence-electron chi connectivity index (χ4n) is 1.15. The molecule has 1 aromatic carbocycles. The summed E-state index contributed by atoms with van der Waals surface area (Å²) in [6.07, 6.45) is 1.32. The van der Waals surface area contributed by atoms with Gasteiger partial charge in [-0.25, -0.2) is 0 Å². The second-order valence-electron chi connectivity index (χ2n) is 2.51. The normalized spacial score (nSPS) is 19.3. The molecule has 1 aliphatic heterocycles. The average molecular weight is 164 g/mol. The van der Waals surface area contributed by atoms with Crippen LogP contribution < -0.4 is 9.80 Å². The zero-order valence-corrected chi connectivity index (χ0v) is 6.57. The van der Waals surface area contributed by atoms with Crippen LogP contribution in [0.15, 0.2) is 23.2 Å². The lowest BCUT2D eigenvalue weighted by Gasteiger charge is -2.11. The van der Waals surface area contributed by atoms with E-state index in [0.717, 1.165) is 5.69 Å². The summed E-state index contributed by atoms with van der Waals surface area (Å²) in [7, 11) is 1.57. The molecule has 0 radical (unpaired) electrons. The van der Waals surface area contributed by atoms with Crippen LogP contribution in [0.1, 0.15) is 0 Å². The first-order valence-corrected chi connectivity index (χ1v) is 3.58. The third kappa shape index (κ3) is 0.975. The van der Waals surface area contributed by atoms with Crippen molar-refractivity contribution in [1.82, 2.24) is 0 Å². The maximum absolute atomic E-state index is 11.1. The molecule has 1 N–H and O–H groups in total. The van der Waals surface area contributed by atoms with E-state index in [9.17, 15) is 5.21 Å². The number of hydrogen-bond donors (Lipinski definition) is 1. The molecule has 0 aliphatic carbocycles. The first-order valence-electron chi connectivity index (χ1n) is 3.58. The molecule has 0 amide bonds. The van der Waals surface area contributed by atoms with Crippen LogP contribution >= 0.6 is 0 Å². The number of nitrogens with one attached hydrogen (secondary N) is 1. The van der Waals surface area contributed by atoms with E-state index in [2.05, 4.69) is 4.99 Å². The molecule has 2 rings (SSSR count). The molecule has 1 unspecified atom stereocenters. The van der Waals surface area contributed by atoms with Gasteiger partial charge < -0.3 is 9.94 Å². The van der Waals surface area contributed by atoms with Crippen molar-refractivity contribution in [1.29, 1.82) is 0 Å². The van der Waals surface area contributed by atoms with E-state index in [1.54, 1.807) is 25.3 Å². The fourth-order valence-corrected chi connectivity index (χ4v) is 1.15. The van der Waals surface area contributed by atoms with Gasteiger partial charge >= 0.3 is 0 Å². The molecular weight excluding hydrogens is 156 g/mol. The van der Waals surface area contributed by atoms with Crippen LogP contribution in [0.5, 0.6) is 5.75 Å². The molecule has 1 aliphatic rings. The number of fused-ring (bicyclic) bond motifs is 1. The lowest BCUT2D eigenvalue weighted by molar-refractivity contribution is -0.655. The van der Waals surface area contributed by atoms with Gasteiger partial charge in [-0.1, -0.05) is 0 Å². The summed E-state index contributed by atoms with van der Waals surface area (Å²) in [5, 5.41) is 11.1. The molecule has 0 aromatic heterocycles. The maximum atomic E-state index is 11.1. The number of methoxy groups -OCH3 is 1. The highest BCUT2D eigenvalue weighted by Crippen LogP contribution is 2.27. The lowest BCUT2D eigenvalue weighted by atomic mass is 10.2.